The van der Waals surface area contributed by atoms with Crippen molar-refractivity contribution in [1.29, 1.82) is 0 Å². The van der Waals surface area contributed by atoms with Crippen LogP contribution in [0.2, 0.25) is 0 Å². The zero-order chi connectivity index (χ0) is 23.5. The molecule has 0 radical (unpaired) electrons. The van der Waals surface area contributed by atoms with Crippen molar-refractivity contribution in [2.75, 3.05) is 18.4 Å². The van der Waals surface area contributed by atoms with E-state index in [0.717, 1.165) is 23.4 Å². The number of amides is 2. The number of nitrogens with zero attached hydrogens (tertiary/aromatic N) is 3. The normalized spacial score (nSPS) is 18.4. The number of fused-ring (bicyclic) bond motifs is 1. The number of aromatic nitrogens is 2. The van der Waals surface area contributed by atoms with Crippen molar-refractivity contribution in [1.82, 2.24) is 14.5 Å². The molecule has 5 rings (SSSR count). The summed E-state index contributed by atoms with van der Waals surface area (Å²) in [5.74, 6) is -0.148. The summed E-state index contributed by atoms with van der Waals surface area (Å²) in [6.45, 7) is 4.19. The number of hydrogen-bond acceptors (Lipinski definition) is 4. The number of aryl methyl sites for hydroxylation is 1. The number of benzene rings is 2. The molecule has 1 aromatic heterocycles. The van der Waals surface area contributed by atoms with Crippen LogP contribution in [0.15, 0.2) is 60.9 Å². The molecule has 3 heterocycles. The topological polar surface area (TPSA) is 76.5 Å². The van der Waals surface area contributed by atoms with E-state index >= 15 is 0 Å². The Bertz CT molecular complexity index is 1170. The molecule has 2 aliphatic heterocycles. The van der Waals surface area contributed by atoms with Crippen LogP contribution < -0.4 is 5.32 Å². The molecule has 0 unspecified atom stereocenters. The first-order valence-electron chi connectivity index (χ1n) is 12.0. The summed E-state index contributed by atoms with van der Waals surface area (Å²) in [4.78, 5) is 32.2. The Balaban J connectivity index is 1.18. The van der Waals surface area contributed by atoms with Gasteiger partial charge in [-0.15, -0.1) is 0 Å². The molecule has 3 aromatic rings. The molecule has 0 aliphatic carbocycles. The van der Waals surface area contributed by atoms with Crippen molar-refractivity contribution in [3.8, 4) is 0 Å². The smallest absolute Gasteiger partial charge is 0.274 e. The van der Waals surface area contributed by atoms with Crippen LogP contribution in [-0.2, 0) is 29.1 Å². The van der Waals surface area contributed by atoms with Gasteiger partial charge < -0.3 is 19.5 Å². The fourth-order valence-electron chi connectivity index (χ4n) is 4.78. The number of hydrogen-bond donors (Lipinski definition) is 1. The van der Waals surface area contributed by atoms with Crippen LogP contribution in [0.25, 0.3) is 0 Å². The van der Waals surface area contributed by atoms with E-state index in [1.54, 1.807) is 6.33 Å². The Hall–Kier alpha value is -3.45. The van der Waals surface area contributed by atoms with Gasteiger partial charge in [0.05, 0.1) is 25.2 Å². The number of ether oxygens (including phenoxy) is 1. The number of imidazole rings is 1. The van der Waals surface area contributed by atoms with Gasteiger partial charge in [0.15, 0.2) is 5.69 Å². The van der Waals surface area contributed by atoms with Gasteiger partial charge in [-0.25, -0.2) is 4.98 Å². The van der Waals surface area contributed by atoms with Crippen molar-refractivity contribution >= 4 is 17.5 Å². The zero-order valence-electron chi connectivity index (χ0n) is 19.4. The van der Waals surface area contributed by atoms with Gasteiger partial charge in [-0.2, -0.15) is 0 Å². The molecule has 1 fully saturated rings. The maximum atomic E-state index is 13.2. The summed E-state index contributed by atoms with van der Waals surface area (Å²) in [6, 6.07) is 18.1. The summed E-state index contributed by atoms with van der Waals surface area (Å²) in [7, 11) is 0. The van der Waals surface area contributed by atoms with Crippen molar-refractivity contribution in [2.24, 2.45) is 5.92 Å². The summed E-state index contributed by atoms with van der Waals surface area (Å²) in [5.41, 5.74) is 4.44. The lowest BCUT2D eigenvalue weighted by Crippen LogP contribution is -2.42. The maximum Gasteiger partial charge on any atom is 0.274 e. The fourth-order valence-corrected chi connectivity index (χ4v) is 4.78. The second-order valence-corrected chi connectivity index (χ2v) is 9.01. The molecule has 0 saturated carbocycles. The predicted octanol–water partition coefficient (Wildman–Crippen LogP) is 4.21. The molecule has 0 spiro atoms. The van der Waals surface area contributed by atoms with Gasteiger partial charge in [0, 0.05) is 24.7 Å². The fraction of sp³-hybridized carbons (Fsp3) is 0.370. The molecule has 1 N–H and O–H groups in total. The highest BCUT2D eigenvalue weighted by atomic mass is 16.5. The van der Waals surface area contributed by atoms with Gasteiger partial charge in [0.1, 0.15) is 6.10 Å². The Morgan fingerprint density at radius 1 is 1.09 bits per heavy atom. The van der Waals surface area contributed by atoms with Crippen molar-refractivity contribution in [2.45, 2.75) is 45.4 Å². The van der Waals surface area contributed by atoms with Crippen LogP contribution >= 0.6 is 0 Å². The van der Waals surface area contributed by atoms with E-state index in [1.165, 1.54) is 5.56 Å². The largest absolute Gasteiger partial charge is 0.365 e. The third-order valence-corrected chi connectivity index (χ3v) is 6.86. The number of nitrogens with one attached hydrogen (secondary N) is 1. The summed E-state index contributed by atoms with van der Waals surface area (Å²) in [5, 5.41) is 3.04. The van der Waals surface area contributed by atoms with E-state index < -0.39 is 0 Å². The van der Waals surface area contributed by atoms with Gasteiger partial charge in [0.25, 0.3) is 5.91 Å². The highest BCUT2D eigenvalue weighted by Crippen LogP contribution is 2.29. The second kappa shape index (κ2) is 9.81. The van der Waals surface area contributed by atoms with Crippen LogP contribution in [0.3, 0.4) is 0 Å². The average molecular weight is 459 g/mol. The van der Waals surface area contributed by atoms with Gasteiger partial charge in [0.2, 0.25) is 5.91 Å². The number of carbonyl (C=O) groups is 2. The van der Waals surface area contributed by atoms with E-state index in [-0.39, 0.29) is 23.8 Å². The van der Waals surface area contributed by atoms with Crippen LogP contribution in [0.4, 0.5) is 5.69 Å². The molecule has 2 amide bonds. The summed E-state index contributed by atoms with van der Waals surface area (Å²) < 4.78 is 8.09. The summed E-state index contributed by atoms with van der Waals surface area (Å²) in [6.07, 6.45) is 3.92. The average Bonchev–Trinajstić information content (AvgIpc) is 3.32. The molecule has 176 valence electrons. The lowest BCUT2D eigenvalue weighted by atomic mass is 9.95. The van der Waals surface area contributed by atoms with Gasteiger partial charge in [-0.1, -0.05) is 49.4 Å². The molecule has 34 heavy (non-hydrogen) atoms. The number of rotatable bonds is 5. The molecule has 0 bridgehead atoms. The van der Waals surface area contributed by atoms with Crippen molar-refractivity contribution < 1.29 is 14.3 Å². The minimum atomic E-state index is -0.0970. The van der Waals surface area contributed by atoms with E-state index in [0.29, 0.717) is 44.8 Å². The Morgan fingerprint density at radius 2 is 1.88 bits per heavy atom. The van der Waals surface area contributed by atoms with Crippen LogP contribution in [-0.4, -0.2) is 39.4 Å². The minimum Gasteiger partial charge on any atom is -0.365 e. The lowest BCUT2D eigenvalue weighted by Gasteiger charge is -2.31. The molecule has 1 atom stereocenters. The molecule has 7 nitrogen and oxygen atoms in total. The Labute approximate surface area is 199 Å². The van der Waals surface area contributed by atoms with E-state index in [2.05, 4.69) is 35.4 Å². The molecule has 7 heteroatoms. The minimum absolute atomic E-state index is 0.0278. The maximum absolute atomic E-state index is 13.2. The van der Waals surface area contributed by atoms with Crippen LogP contribution in [0.5, 0.6) is 0 Å². The van der Waals surface area contributed by atoms with Gasteiger partial charge in [-0.05, 0) is 42.5 Å². The monoisotopic (exact) mass is 458 g/mol. The van der Waals surface area contributed by atoms with Gasteiger partial charge in [-0.3, -0.25) is 9.59 Å². The van der Waals surface area contributed by atoms with Crippen LogP contribution in [0.1, 0.15) is 53.2 Å². The lowest BCUT2D eigenvalue weighted by molar-refractivity contribution is -0.121. The third kappa shape index (κ3) is 4.61. The number of likely N-dealkylation sites (tertiary alicyclic amines) is 1. The standard InChI is InChI=1S/C27H30N4O3/c1-2-19-7-6-10-22(15-19)29-26(32)21-11-13-30(14-12-21)27(33)25-23-17-34-24(16-31(23)18-28-25)20-8-4-3-5-9-20/h3-10,15,18,21,24H,2,11-14,16-17H2,1H3,(H,29,32)/t24-/m1/s1. The predicted molar refractivity (Wildman–Crippen MR) is 129 cm³/mol. The second-order valence-electron chi connectivity index (χ2n) is 9.01. The number of anilines is 1. The molecular weight excluding hydrogens is 428 g/mol. The Morgan fingerprint density at radius 3 is 2.65 bits per heavy atom. The van der Waals surface area contributed by atoms with Crippen LogP contribution in [0, 0.1) is 5.92 Å². The molecule has 2 aromatic carbocycles. The van der Waals surface area contributed by atoms with E-state index in [4.69, 9.17) is 4.74 Å². The van der Waals surface area contributed by atoms with Gasteiger partial charge >= 0.3 is 0 Å². The zero-order valence-corrected chi connectivity index (χ0v) is 19.4. The molecule has 1 saturated heterocycles. The molecular formula is C27H30N4O3. The quantitative estimate of drug-likeness (QED) is 0.622. The highest BCUT2D eigenvalue weighted by molar-refractivity contribution is 5.95. The first-order valence-corrected chi connectivity index (χ1v) is 12.0. The first-order chi connectivity index (χ1) is 16.6. The van der Waals surface area contributed by atoms with E-state index in [1.807, 2.05) is 45.9 Å². The number of piperidine rings is 1. The van der Waals surface area contributed by atoms with Crippen molar-refractivity contribution in [3.63, 3.8) is 0 Å². The highest BCUT2D eigenvalue weighted by Gasteiger charge is 2.32. The first kappa shape index (κ1) is 22.3. The SMILES string of the molecule is CCc1cccc(NC(=O)C2CCN(C(=O)c3ncn4c3CO[C@@H](c3ccccc3)C4)CC2)c1. The number of carbonyl (C=O) groups excluding carboxylic acids is 2. The molecule has 2 aliphatic rings. The Kier molecular flexibility index (Phi) is 6.45. The summed E-state index contributed by atoms with van der Waals surface area (Å²) >= 11 is 0. The third-order valence-electron chi connectivity index (χ3n) is 6.86. The van der Waals surface area contributed by atoms with Crippen molar-refractivity contribution in [3.05, 3.63) is 83.4 Å². The van der Waals surface area contributed by atoms with E-state index in [9.17, 15) is 9.59 Å².